The third-order valence-electron chi connectivity index (χ3n) is 2.21. The summed E-state index contributed by atoms with van der Waals surface area (Å²) in [5.41, 5.74) is 0.998. The topological polar surface area (TPSA) is 72.6 Å². The van der Waals surface area contributed by atoms with Gasteiger partial charge < -0.3 is 14.3 Å². The van der Waals surface area contributed by atoms with Crippen LogP contribution in [-0.2, 0) is 6.61 Å². The van der Waals surface area contributed by atoms with Crippen LogP contribution in [0, 0.1) is 6.92 Å². The molecule has 0 aliphatic rings. The van der Waals surface area contributed by atoms with Gasteiger partial charge in [0.05, 0.1) is 6.20 Å². The molecule has 2 aromatic rings. The highest BCUT2D eigenvalue weighted by Crippen LogP contribution is 2.17. The summed E-state index contributed by atoms with van der Waals surface area (Å²) >= 11 is 0. The first-order chi connectivity index (χ1) is 8.16. The summed E-state index contributed by atoms with van der Waals surface area (Å²) in [7, 11) is 0. The number of oxazole rings is 1. The lowest BCUT2D eigenvalue weighted by Crippen LogP contribution is -1.97. The Morgan fingerprint density at radius 3 is 2.88 bits per heavy atom. The number of benzene rings is 1. The Hall–Kier alpha value is -2.30. The number of para-hydroxylation sites is 1. The van der Waals surface area contributed by atoms with Gasteiger partial charge in [0, 0.05) is 0 Å². The molecule has 0 amide bonds. The van der Waals surface area contributed by atoms with Crippen LogP contribution in [0.25, 0.3) is 0 Å². The Morgan fingerprint density at radius 1 is 1.47 bits per heavy atom. The fraction of sp³-hybridized carbons (Fsp3) is 0.167. The summed E-state index contributed by atoms with van der Waals surface area (Å²) in [5.74, 6) is -0.360. The zero-order valence-corrected chi connectivity index (χ0v) is 9.21. The van der Waals surface area contributed by atoms with Crippen LogP contribution in [-0.4, -0.2) is 16.1 Å². The average molecular weight is 233 g/mol. The molecule has 2 rings (SSSR count). The lowest BCUT2D eigenvalue weighted by molar-refractivity contribution is 0.0658. The molecule has 0 saturated carbocycles. The van der Waals surface area contributed by atoms with Crippen LogP contribution in [0.4, 0.5) is 0 Å². The molecular formula is C12H11NO4. The molecule has 0 aliphatic carbocycles. The number of aryl methyl sites for hydroxylation is 1. The number of hydrogen-bond acceptors (Lipinski definition) is 4. The fourth-order valence-corrected chi connectivity index (χ4v) is 1.33. The molecule has 0 spiro atoms. The van der Waals surface area contributed by atoms with Crippen molar-refractivity contribution < 1.29 is 19.1 Å². The van der Waals surface area contributed by atoms with E-state index >= 15 is 0 Å². The Bertz CT molecular complexity index is 533. The first-order valence-corrected chi connectivity index (χ1v) is 5.03. The van der Waals surface area contributed by atoms with E-state index in [1.165, 1.54) is 6.20 Å². The Balaban J connectivity index is 2.02. The van der Waals surface area contributed by atoms with Gasteiger partial charge in [0.25, 0.3) is 0 Å². The third kappa shape index (κ3) is 2.63. The Labute approximate surface area is 97.7 Å². The molecule has 1 N–H and O–H groups in total. The van der Waals surface area contributed by atoms with E-state index in [0.29, 0.717) is 0 Å². The maximum Gasteiger partial charge on any atom is 0.373 e. The molecule has 1 aromatic carbocycles. The SMILES string of the molecule is Cc1ccccc1OCc1ncc(C(=O)O)o1. The van der Waals surface area contributed by atoms with Crippen LogP contribution < -0.4 is 4.74 Å². The van der Waals surface area contributed by atoms with Gasteiger partial charge in [0.15, 0.2) is 6.61 Å². The van der Waals surface area contributed by atoms with Gasteiger partial charge in [0.1, 0.15) is 5.75 Å². The summed E-state index contributed by atoms with van der Waals surface area (Å²) in [6.07, 6.45) is 1.17. The molecule has 0 radical (unpaired) electrons. The third-order valence-corrected chi connectivity index (χ3v) is 2.21. The van der Waals surface area contributed by atoms with E-state index in [-0.39, 0.29) is 18.3 Å². The van der Waals surface area contributed by atoms with Gasteiger partial charge in [0.2, 0.25) is 11.7 Å². The van der Waals surface area contributed by atoms with Crippen molar-refractivity contribution in [1.29, 1.82) is 0 Å². The highest BCUT2D eigenvalue weighted by molar-refractivity contribution is 5.83. The number of ether oxygens (including phenoxy) is 1. The van der Waals surface area contributed by atoms with Gasteiger partial charge in [-0.2, -0.15) is 0 Å². The van der Waals surface area contributed by atoms with Gasteiger partial charge in [-0.15, -0.1) is 0 Å². The van der Waals surface area contributed by atoms with E-state index in [1.54, 1.807) is 0 Å². The van der Waals surface area contributed by atoms with Crippen molar-refractivity contribution in [2.45, 2.75) is 13.5 Å². The first-order valence-electron chi connectivity index (χ1n) is 5.03. The van der Waals surface area contributed by atoms with E-state index < -0.39 is 5.97 Å². The molecule has 0 aliphatic heterocycles. The molecule has 5 nitrogen and oxygen atoms in total. The van der Waals surface area contributed by atoms with Crippen molar-refractivity contribution in [3.8, 4) is 5.75 Å². The summed E-state index contributed by atoms with van der Waals surface area (Å²) in [4.78, 5) is 14.4. The predicted octanol–water partition coefficient (Wildman–Crippen LogP) is 2.26. The van der Waals surface area contributed by atoms with Crippen molar-refractivity contribution in [1.82, 2.24) is 4.98 Å². The molecule has 17 heavy (non-hydrogen) atoms. The zero-order chi connectivity index (χ0) is 12.3. The lowest BCUT2D eigenvalue weighted by atomic mass is 10.2. The molecule has 0 unspecified atom stereocenters. The molecule has 0 fully saturated rings. The highest BCUT2D eigenvalue weighted by Gasteiger charge is 2.10. The van der Waals surface area contributed by atoms with E-state index in [9.17, 15) is 4.79 Å². The van der Waals surface area contributed by atoms with E-state index in [1.807, 2.05) is 31.2 Å². The number of carboxylic acids is 1. The molecular weight excluding hydrogens is 222 g/mol. The number of aromatic carboxylic acids is 1. The van der Waals surface area contributed by atoms with Crippen LogP contribution in [0.1, 0.15) is 22.0 Å². The van der Waals surface area contributed by atoms with Gasteiger partial charge in [-0.1, -0.05) is 18.2 Å². The van der Waals surface area contributed by atoms with E-state index in [4.69, 9.17) is 14.3 Å². The van der Waals surface area contributed by atoms with Crippen molar-refractivity contribution in [2.24, 2.45) is 0 Å². The predicted molar refractivity (Wildman–Crippen MR) is 59.0 cm³/mol. The first kappa shape index (κ1) is 11.2. The molecule has 1 aromatic heterocycles. The van der Waals surface area contributed by atoms with Crippen LogP contribution in [0.2, 0.25) is 0 Å². The number of rotatable bonds is 4. The van der Waals surface area contributed by atoms with Crippen LogP contribution >= 0.6 is 0 Å². The second kappa shape index (κ2) is 4.69. The molecule has 0 atom stereocenters. The van der Waals surface area contributed by atoms with Crippen LogP contribution in [0.3, 0.4) is 0 Å². The summed E-state index contributed by atoms with van der Waals surface area (Å²) in [6, 6.07) is 7.53. The minimum atomic E-state index is -1.14. The summed E-state index contributed by atoms with van der Waals surface area (Å²) < 4.78 is 10.4. The van der Waals surface area contributed by atoms with Crippen molar-refractivity contribution >= 4 is 5.97 Å². The minimum Gasteiger partial charge on any atom is -0.484 e. The quantitative estimate of drug-likeness (QED) is 0.876. The number of carboxylic acid groups (broad SMARTS) is 1. The monoisotopic (exact) mass is 233 g/mol. The molecule has 0 bridgehead atoms. The van der Waals surface area contributed by atoms with Gasteiger partial charge in [-0.25, -0.2) is 9.78 Å². The maximum atomic E-state index is 10.6. The van der Waals surface area contributed by atoms with Crippen LogP contribution in [0.15, 0.2) is 34.9 Å². The van der Waals surface area contributed by atoms with Crippen molar-refractivity contribution in [3.63, 3.8) is 0 Å². The number of nitrogens with zero attached hydrogens (tertiary/aromatic N) is 1. The normalized spacial score (nSPS) is 10.2. The second-order valence-corrected chi connectivity index (χ2v) is 3.48. The van der Waals surface area contributed by atoms with Gasteiger partial charge in [-0.3, -0.25) is 0 Å². The van der Waals surface area contributed by atoms with Crippen molar-refractivity contribution in [3.05, 3.63) is 47.7 Å². The fourth-order valence-electron chi connectivity index (χ4n) is 1.33. The average Bonchev–Trinajstić information content (AvgIpc) is 2.77. The molecule has 5 heteroatoms. The Kier molecular flexibility index (Phi) is 3.09. The van der Waals surface area contributed by atoms with Gasteiger partial charge >= 0.3 is 5.97 Å². The second-order valence-electron chi connectivity index (χ2n) is 3.48. The molecule has 1 heterocycles. The van der Waals surface area contributed by atoms with Crippen molar-refractivity contribution in [2.75, 3.05) is 0 Å². The standard InChI is InChI=1S/C12H11NO4/c1-8-4-2-3-5-9(8)16-7-11-13-6-10(17-11)12(14)15/h2-6H,7H2,1H3,(H,14,15). The lowest BCUT2D eigenvalue weighted by Gasteiger charge is -2.05. The van der Waals surface area contributed by atoms with Gasteiger partial charge in [-0.05, 0) is 18.6 Å². The maximum absolute atomic E-state index is 10.6. The Morgan fingerprint density at radius 2 is 2.24 bits per heavy atom. The number of hydrogen-bond donors (Lipinski definition) is 1. The summed E-state index contributed by atoms with van der Waals surface area (Å²) in [5, 5.41) is 8.65. The number of aromatic nitrogens is 1. The van der Waals surface area contributed by atoms with E-state index in [0.717, 1.165) is 11.3 Å². The highest BCUT2D eigenvalue weighted by atomic mass is 16.5. The summed E-state index contributed by atoms with van der Waals surface area (Å²) in [6.45, 7) is 2.03. The molecule has 88 valence electrons. The van der Waals surface area contributed by atoms with E-state index in [2.05, 4.69) is 4.98 Å². The number of carbonyl (C=O) groups is 1. The minimum absolute atomic E-state index is 0.109. The molecule has 0 saturated heterocycles. The zero-order valence-electron chi connectivity index (χ0n) is 9.21. The largest absolute Gasteiger partial charge is 0.484 e. The smallest absolute Gasteiger partial charge is 0.373 e. The van der Waals surface area contributed by atoms with Crippen LogP contribution in [0.5, 0.6) is 5.75 Å².